The summed E-state index contributed by atoms with van der Waals surface area (Å²) in [6.45, 7) is -0.318. The third-order valence-corrected chi connectivity index (χ3v) is 3.62. The van der Waals surface area contributed by atoms with Gasteiger partial charge in [-0.2, -0.15) is 5.10 Å². The quantitative estimate of drug-likeness (QED) is 0.546. The lowest BCUT2D eigenvalue weighted by Gasteiger charge is -2.07. The zero-order valence-corrected chi connectivity index (χ0v) is 14.2. The summed E-state index contributed by atoms with van der Waals surface area (Å²) >= 11 is 11.6. The number of rotatable bonds is 5. The molecular formula is C16H13Cl2FN4O2. The van der Waals surface area contributed by atoms with Crippen LogP contribution < -0.4 is 16.1 Å². The van der Waals surface area contributed by atoms with E-state index in [1.54, 1.807) is 18.2 Å². The van der Waals surface area contributed by atoms with Gasteiger partial charge in [0.1, 0.15) is 12.4 Å². The summed E-state index contributed by atoms with van der Waals surface area (Å²) in [7, 11) is 0. The number of carbonyl (C=O) groups is 2. The Morgan fingerprint density at radius 1 is 1.12 bits per heavy atom. The van der Waals surface area contributed by atoms with Crippen molar-refractivity contribution in [2.24, 2.45) is 5.10 Å². The van der Waals surface area contributed by atoms with Gasteiger partial charge in [-0.25, -0.2) is 14.6 Å². The molecule has 0 saturated heterocycles. The first-order valence-corrected chi connectivity index (χ1v) is 7.77. The molecule has 0 unspecified atom stereocenters. The zero-order valence-electron chi connectivity index (χ0n) is 12.7. The topological polar surface area (TPSA) is 82.6 Å². The van der Waals surface area contributed by atoms with Gasteiger partial charge in [-0.15, -0.1) is 0 Å². The fourth-order valence-corrected chi connectivity index (χ4v) is 2.00. The first kappa shape index (κ1) is 18.7. The van der Waals surface area contributed by atoms with E-state index in [0.29, 0.717) is 15.7 Å². The van der Waals surface area contributed by atoms with E-state index in [9.17, 15) is 14.0 Å². The molecule has 0 aromatic heterocycles. The van der Waals surface area contributed by atoms with E-state index in [-0.39, 0.29) is 12.1 Å². The van der Waals surface area contributed by atoms with Crippen LogP contribution in [0.4, 0.5) is 14.9 Å². The zero-order chi connectivity index (χ0) is 18.2. The van der Waals surface area contributed by atoms with Gasteiger partial charge in [-0.05, 0) is 24.3 Å². The Labute approximate surface area is 153 Å². The van der Waals surface area contributed by atoms with E-state index in [1.165, 1.54) is 30.5 Å². The van der Waals surface area contributed by atoms with Crippen molar-refractivity contribution < 1.29 is 14.0 Å². The molecule has 0 aliphatic carbocycles. The fourth-order valence-electron chi connectivity index (χ4n) is 1.70. The average Bonchev–Trinajstić information content (AvgIpc) is 2.58. The van der Waals surface area contributed by atoms with Crippen molar-refractivity contribution >= 4 is 47.0 Å². The van der Waals surface area contributed by atoms with Crippen molar-refractivity contribution in [3.05, 3.63) is 63.9 Å². The summed E-state index contributed by atoms with van der Waals surface area (Å²) in [5.74, 6) is -1.03. The summed E-state index contributed by atoms with van der Waals surface area (Å²) in [6.07, 6.45) is 1.17. The van der Waals surface area contributed by atoms with Gasteiger partial charge in [-0.3, -0.25) is 4.79 Å². The first-order chi connectivity index (χ1) is 12.0. The molecule has 3 N–H and O–H groups in total. The molecular weight excluding hydrogens is 370 g/mol. The molecule has 9 heteroatoms. The maximum Gasteiger partial charge on any atom is 0.319 e. The minimum Gasteiger partial charge on any atom is -0.329 e. The van der Waals surface area contributed by atoms with Gasteiger partial charge in [-0.1, -0.05) is 41.4 Å². The third kappa shape index (κ3) is 6.06. The molecule has 2 aromatic rings. The van der Waals surface area contributed by atoms with E-state index in [4.69, 9.17) is 23.2 Å². The average molecular weight is 383 g/mol. The van der Waals surface area contributed by atoms with Gasteiger partial charge in [0.2, 0.25) is 0 Å². The number of amides is 3. The van der Waals surface area contributed by atoms with E-state index in [2.05, 4.69) is 21.2 Å². The lowest BCUT2D eigenvalue weighted by atomic mass is 10.2. The second kappa shape index (κ2) is 9.00. The molecule has 0 fully saturated rings. The molecule has 0 spiro atoms. The number of nitrogens with one attached hydrogen (secondary N) is 3. The fraction of sp³-hybridized carbons (Fsp3) is 0.0625. The molecule has 0 atom stereocenters. The Bertz CT molecular complexity index is 814. The second-order valence-electron chi connectivity index (χ2n) is 4.75. The minimum atomic E-state index is -0.605. The van der Waals surface area contributed by atoms with Crippen LogP contribution in [-0.2, 0) is 4.79 Å². The Morgan fingerprint density at radius 3 is 2.60 bits per heavy atom. The maximum absolute atomic E-state index is 13.3. The summed E-state index contributed by atoms with van der Waals surface area (Å²) in [6, 6.07) is 9.93. The van der Waals surface area contributed by atoms with Crippen molar-refractivity contribution in [3.8, 4) is 0 Å². The van der Waals surface area contributed by atoms with Crippen LogP contribution in [0.2, 0.25) is 10.0 Å². The number of hydrogen-bond acceptors (Lipinski definition) is 3. The van der Waals surface area contributed by atoms with E-state index < -0.39 is 17.8 Å². The summed E-state index contributed by atoms with van der Waals surface area (Å²) < 4.78 is 13.3. The van der Waals surface area contributed by atoms with Crippen LogP contribution in [0.1, 0.15) is 5.56 Å². The van der Waals surface area contributed by atoms with E-state index in [0.717, 1.165) is 0 Å². The van der Waals surface area contributed by atoms with E-state index >= 15 is 0 Å². The van der Waals surface area contributed by atoms with Gasteiger partial charge in [0.25, 0.3) is 5.91 Å². The summed E-state index contributed by atoms with van der Waals surface area (Å²) in [4.78, 5) is 23.3. The molecule has 0 heterocycles. The monoisotopic (exact) mass is 382 g/mol. The molecule has 3 amide bonds. The molecule has 0 radical (unpaired) electrons. The Morgan fingerprint density at radius 2 is 1.88 bits per heavy atom. The van der Waals surface area contributed by atoms with Gasteiger partial charge in [0.15, 0.2) is 0 Å². The molecule has 0 aliphatic rings. The lowest BCUT2D eigenvalue weighted by Crippen LogP contribution is -2.37. The molecule has 0 saturated carbocycles. The second-order valence-corrected chi connectivity index (χ2v) is 5.57. The van der Waals surface area contributed by atoms with Crippen molar-refractivity contribution in [1.82, 2.24) is 10.7 Å². The van der Waals surface area contributed by atoms with Crippen molar-refractivity contribution in [2.45, 2.75) is 0 Å². The first-order valence-electron chi connectivity index (χ1n) is 7.02. The molecule has 6 nitrogen and oxygen atoms in total. The molecule has 130 valence electrons. The molecule has 2 aromatic carbocycles. The van der Waals surface area contributed by atoms with Crippen LogP contribution in [0.25, 0.3) is 0 Å². The summed E-state index contributed by atoms with van der Waals surface area (Å²) in [5, 5.41) is 9.10. The van der Waals surface area contributed by atoms with Crippen molar-refractivity contribution in [2.75, 3.05) is 11.9 Å². The van der Waals surface area contributed by atoms with Gasteiger partial charge in [0, 0.05) is 11.3 Å². The van der Waals surface area contributed by atoms with Gasteiger partial charge >= 0.3 is 6.03 Å². The normalized spacial score (nSPS) is 10.5. The SMILES string of the molecule is O=C(CNC(=O)Nc1ccc(Cl)c(Cl)c1)NN=Cc1ccccc1F. The maximum atomic E-state index is 13.3. The molecule has 0 aliphatic heterocycles. The lowest BCUT2D eigenvalue weighted by molar-refractivity contribution is -0.120. The highest BCUT2D eigenvalue weighted by Gasteiger charge is 2.06. The minimum absolute atomic E-state index is 0.230. The number of halogens is 3. The van der Waals surface area contributed by atoms with E-state index in [1.807, 2.05) is 0 Å². The van der Waals surface area contributed by atoms with Gasteiger partial charge < -0.3 is 10.6 Å². The third-order valence-electron chi connectivity index (χ3n) is 2.89. The molecule has 2 rings (SSSR count). The highest BCUT2D eigenvalue weighted by Crippen LogP contribution is 2.24. The van der Waals surface area contributed by atoms with Crippen LogP contribution in [-0.4, -0.2) is 24.7 Å². The van der Waals surface area contributed by atoms with Crippen LogP contribution in [0, 0.1) is 5.82 Å². The van der Waals surface area contributed by atoms with Crippen LogP contribution >= 0.6 is 23.2 Å². The highest BCUT2D eigenvalue weighted by atomic mass is 35.5. The number of carbonyl (C=O) groups excluding carboxylic acids is 2. The molecule has 25 heavy (non-hydrogen) atoms. The van der Waals surface area contributed by atoms with Crippen molar-refractivity contribution in [1.29, 1.82) is 0 Å². The van der Waals surface area contributed by atoms with Crippen LogP contribution in [0.3, 0.4) is 0 Å². The largest absolute Gasteiger partial charge is 0.329 e. The number of hydrazone groups is 1. The summed E-state index contributed by atoms with van der Waals surface area (Å²) in [5.41, 5.74) is 2.83. The predicted molar refractivity (Wildman–Crippen MR) is 95.6 cm³/mol. The number of benzene rings is 2. The predicted octanol–water partition coefficient (Wildman–Crippen LogP) is 3.40. The number of anilines is 1. The Kier molecular flexibility index (Phi) is 6.73. The Hall–Kier alpha value is -2.64. The highest BCUT2D eigenvalue weighted by molar-refractivity contribution is 6.42. The van der Waals surface area contributed by atoms with Gasteiger partial charge in [0.05, 0.1) is 16.3 Å². The Balaban J connectivity index is 1.76. The van der Waals surface area contributed by atoms with Crippen LogP contribution in [0.15, 0.2) is 47.6 Å². The smallest absolute Gasteiger partial charge is 0.319 e. The standard InChI is InChI=1S/C16H13Cl2FN4O2/c17-12-6-5-11(7-13(12)18)22-16(25)20-9-15(24)23-21-8-10-3-1-2-4-14(10)19/h1-8H,9H2,(H,23,24)(H2,20,22,25). The number of hydrogen-bond donors (Lipinski definition) is 3. The van der Waals surface area contributed by atoms with Crippen LogP contribution in [0.5, 0.6) is 0 Å². The number of nitrogens with zero attached hydrogens (tertiary/aromatic N) is 1. The number of urea groups is 1. The van der Waals surface area contributed by atoms with Crippen molar-refractivity contribution in [3.63, 3.8) is 0 Å². The molecule has 0 bridgehead atoms.